The van der Waals surface area contributed by atoms with Gasteiger partial charge in [-0.15, -0.1) is 11.8 Å². The van der Waals surface area contributed by atoms with Crippen molar-refractivity contribution in [2.24, 2.45) is 4.99 Å². The fourth-order valence-electron chi connectivity index (χ4n) is 1.43. The molecule has 1 rings (SSSR count). The van der Waals surface area contributed by atoms with Crippen molar-refractivity contribution in [3.63, 3.8) is 0 Å². The van der Waals surface area contributed by atoms with Crippen LogP contribution in [0.25, 0.3) is 0 Å². The number of H-pyrrole nitrogens is 2. The normalized spacial score (nSPS) is 11.4. The van der Waals surface area contributed by atoms with Gasteiger partial charge in [0.15, 0.2) is 10.6 Å². The number of nitrogen functional groups attached to an aromatic ring is 1. The Bertz CT molecular complexity index is 636. The standard InChI is InChI=1S/C12H18N4O3S2/c1-3-19-8(17)5-4-6-21-7(2)14-10-9(13)11(18)16-12(20)15-10/h3-6,13H2,1-2H3,(H2,15,16,18,20)/b14-7+. The van der Waals surface area contributed by atoms with Gasteiger partial charge in [-0.05, 0) is 38.2 Å². The average Bonchev–Trinajstić information content (AvgIpc) is 2.41. The van der Waals surface area contributed by atoms with Gasteiger partial charge >= 0.3 is 5.97 Å². The molecule has 0 spiro atoms. The van der Waals surface area contributed by atoms with Crippen LogP contribution in [0.5, 0.6) is 0 Å². The highest BCUT2D eigenvalue weighted by Gasteiger charge is 2.05. The monoisotopic (exact) mass is 330 g/mol. The summed E-state index contributed by atoms with van der Waals surface area (Å²) in [6, 6.07) is 0. The van der Waals surface area contributed by atoms with Crippen molar-refractivity contribution in [3.05, 3.63) is 15.1 Å². The number of carbonyl (C=O) groups excluding carboxylic acids is 1. The smallest absolute Gasteiger partial charge is 0.305 e. The molecule has 1 aromatic heterocycles. The van der Waals surface area contributed by atoms with Crippen LogP contribution < -0.4 is 11.3 Å². The van der Waals surface area contributed by atoms with Crippen LogP contribution in [0.15, 0.2) is 9.79 Å². The molecule has 0 bridgehead atoms. The summed E-state index contributed by atoms with van der Waals surface area (Å²) in [5.74, 6) is 0.771. The van der Waals surface area contributed by atoms with Crippen molar-refractivity contribution in [2.45, 2.75) is 26.7 Å². The van der Waals surface area contributed by atoms with E-state index in [9.17, 15) is 9.59 Å². The Morgan fingerprint density at radius 1 is 1.48 bits per heavy atom. The van der Waals surface area contributed by atoms with Crippen LogP contribution in [-0.2, 0) is 9.53 Å². The first-order valence-electron chi connectivity index (χ1n) is 6.39. The Labute approximate surface area is 131 Å². The second-order valence-corrected chi connectivity index (χ2v) is 5.75. The molecule has 0 aliphatic carbocycles. The Morgan fingerprint density at radius 2 is 2.19 bits per heavy atom. The lowest BCUT2D eigenvalue weighted by Gasteiger charge is -2.03. The molecule has 0 aromatic carbocycles. The minimum Gasteiger partial charge on any atom is -0.466 e. The number of rotatable bonds is 6. The quantitative estimate of drug-likeness (QED) is 0.242. The summed E-state index contributed by atoms with van der Waals surface area (Å²) >= 11 is 6.34. The molecule has 0 radical (unpaired) electrons. The summed E-state index contributed by atoms with van der Waals surface area (Å²) in [5.41, 5.74) is 5.16. The fraction of sp³-hybridized carbons (Fsp3) is 0.500. The summed E-state index contributed by atoms with van der Waals surface area (Å²) in [6.07, 6.45) is 1.07. The first-order chi connectivity index (χ1) is 9.93. The average molecular weight is 330 g/mol. The van der Waals surface area contributed by atoms with Gasteiger partial charge in [0.05, 0.1) is 11.7 Å². The minimum atomic E-state index is -0.461. The molecule has 9 heteroatoms. The van der Waals surface area contributed by atoms with Gasteiger partial charge in [-0.2, -0.15) is 0 Å². The Hall–Kier alpha value is -1.61. The second kappa shape index (κ2) is 8.63. The Morgan fingerprint density at radius 3 is 2.86 bits per heavy atom. The molecule has 21 heavy (non-hydrogen) atoms. The molecule has 0 saturated carbocycles. The highest BCUT2D eigenvalue weighted by Crippen LogP contribution is 2.17. The SMILES string of the molecule is CCOC(=O)CCCS/C(C)=N/c1[nH]c(=S)[nH]c(=O)c1N. The van der Waals surface area contributed by atoms with Crippen LogP contribution >= 0.6 is 24.0 Å². The first-order valence-corrected chi connectivity index (χ1v) is 7.79. The van der Waals surface area contributed by atoms with Gasteiger partial charge < -0.3 is 15.5 Å². The van der Waals surface area contributed by atoms with Crippen LogP contribution in [0.4, 0.5) is 11.5 Å². The number of anilines is 1. The molecule has 0 saturated heterocycles. The minimum absolute atomic E-state index is 0.00456. The van der Waals surface area contributed by atoms with E-state index in [-0.39, 0.29) is 22.2 Å². The van der Waals surface area contributed by atoms with E-state index in [1.165, 1.54) is 11.8 Å². The van der Waals surface area contributed by atoms with Crippen molar-refractivity contribution in [2.75, 3.05) is 18.1 Å². The van der Waals surface area contributed by atoms with E-state index in [0.717, 1.165) is 10.8 Å². The lowest BCUT2D eigenvalue weighted by molar-refractivity contribution is -0.143. The predicted molar refractivity (Wildman–Crippen MR) is 87.8 cm³/mol. The van der Waals surface area contributed by atoms with Gasteiger partial charge in [-0.1, -0.05) is 0 Å². The second-order valence-electron chi connectivity index (χ2n) is 4.06. The van der Waals surface area contributed by atoms with Crippen LogP contribution in [0.3, 0.4) is 0 Å². The summed E-state index contributed by atoms with van der Waals surface area (Å²) in [5, 5.41) is 0.724. The predicted octanol–water partition coefficient (Wildman–Crippen LogP) is 2.14. The molecule has 4 N–H and O–H groups in total. The zero-order valence-corrected chi connectivity index (χ0v) is 13.5. The van der Waals surface area contributed by atoms with E-state index in [1.807, 2.05) is 0 Å². The summed E-state index contributed by atoms with van der Waals surface area (Å²) < 4.78 is 5.01. The Balaban J connectivity index is 2.56. The highest BCUT2D eigenvalue weighted by molar-refractivity contribution is 8.13. The number of hydrogen-bond acceptors (Lipinski definition) is 7. The van der Waals surface area contributed by atoms with Crippen LogP contribution in [-0.4, -0.2) is 33.3 Å². The number of thioether (sulfide) groups is 1. The number of ether oxygens (including phenoxy) is 1. The van der Waals surface area contributed by atoms with Gasteiger partial charge in [0.1, 0.15) is 5.69 Å². The van der Waals surface area contributed by atoms with E-state index >= 15 is 0 Å². The zero-order valence-electron chi connectivity index (χ0n) is 11.9. The molecular weight excluding hydrogens is 312 g/mol. The lowest BCUT2D eigenvalue weighted by atomic mass is 10.3. The van der Waals surface area contributed by atoms with E-state index in [1.54, 1.807) is 13.8 Å². The molecule has 1 heterocycles. The number of aromatic nitrogens is 2. The Kier molecular flexibility index (Phi) is 7.17. The number of aliphatic imine (C=N–C) groups is 1. The van der Waals surface area contributed by atoms with E-state index < -0.39 is 5.56 Å². The van der Waals surface area contributed by atoms with E-state index in [4.69, 9.17) is 22.7 Å². The molecular formula is C12H18N4O3S2. The first kappa shape index (κ1) is 17.4. The molecule has 0 atom stereocenters. The maximum atomic E-state index is 11.4. The molecule has 0 unspecified atom stereocenters. The number of nitrogens with zero attached hydrogens (tertiary/aromatic N) is 1. The molecule has 7 nitrogen and oxygen atoms in total. The summed E-state index contributed by atoms with van der Waals surface area (Å²) in [4.78, 5) is 32.0. The summed E-state index contributed by atoms with van der Waals surface area (Å²) in [6.45, 7) is 3.97. The number of nitrogens with one attached hydrogen (secondary N) is 2. The number of esters is 1. The zero-order chi connectivity index (χ0) is 15.8. The molecule has 116 valence electrons. The number of nitrogens with two attached hydrogens (primary N) is 1. The lowest BCUT2D eigenvalue weighted by Crippen LogP contribution is -2.13. The van der Waals surface area contributed by atoms with Gasteiger partial charge in [-0.3, -0.25) is 14.6 Å². The van der Waals surface area contributed by atoms with Crippen molar-refractivity contribution in [1.82, 2.24) is 9.97 Å². The molecule has 0 fully saturated rings. The topological polar surface area (TPSA) is 113 Å². The van der Waals surface area contributed by atoms with Crippen LogP contribution in [0, 0.1) is 4.77 Å². The van der Waals surface area contributed by atoms with Crippen LogP contribution in [0.1, 0.15) is 26.7 Å². The fourth-order valence-corrected chi connectivity index (χ4v) is 2.36. The molecule has 0 aliphatic heterocycles. The van der Waals surface area contributed by atoms with Gasteiger partial charge in [0.25, 0.3) is 5.56 Å². The van der Waals surface area contributed by atoms with Gasteiger partial charge in [-0.25, -0.2) is 4.99 Å². The summed E-state index contributed by atoms with van der Waals surface area (Å²) in [7, 11) is 0. The van der Waals surface area contributed by atoms with Crippen molar-refractivity contribution in [3.8, 4) is 0 Å². The third-order valence-electron chi connectivity index (χ3n) is 2.37. The number of hydrogen-bond donors (Lipinski definition) is 3. The van der Waals surface area contributed by atoms with E-state index in [0.29, 0.717) is 19.4 Å². The van der Waals surface area contributed by atoms with Crippen molar-refractivity contribution in [1.29, 1.82) is 0 Å². The number of carbonyl (C=O) groups is 1. The molecule has 0 aliphatic rings. The van der Waals surface area contributed by atoms with E-state index in [2.05, 4.69) is 15.0 Å². The van der Waals surface area contributed by atoms with Crippen LogP contribution in [0.2, 0.25) is 0 Å². The third-order valence-corrected chi connectivity index (χ3v) is 3.58. The third kappa shape index (κ3) is 6.13. The van der Waals surface area contributed by atoms with Crippen molar-refractivity contribution >= 4 is 46.5 Å². The highest BCUT2D eigenvalue weighted by atomic mass is 32.2. The number of aromatic amines is 2. The molecule has 1 aromatic rings. The molecule has 0 amide bonds. The largest absolute Gasteiger partial charge is 0.466 e. The van der Waals surface area contributed by atoms with Crippen molar-refractivity contribution < 1.29 is 9.53 Å². The van der Waals surface area contributed by atoms with Gasteiger partial charge in [0, 0.05) is 6.42 Å². The maximum absolute atomic E-state index is 11.4. The van der Waals surface area contributed by atoms with Gasteiger partial charge in [0.2, 0.25) is 0 Å². The maximum Gasteiger partial charge on any atom is 0.305 e.